The first-order valence-electron chi connectivity index (χ1n) is 4.25. The van der Waals surface area contributed by atoms with Crippen molar-refractivity contribution in [2.24, 2.45) is 5.73 Å². The number of rotatable bonds is 2. The van der Waals surface area contributed by atoms with E-state index in [2.05, 4.69) is 0 Å². The van der Waals surface area contributed by atoms with Gasteiger partial charge in [-0.1, -0.05) is 0 Å². The summed E-state index contributed by atoms with van der Waals surface area (Å²) in [7, 11) is 0. The molecule has 1 rings (SSSR count). The molecule has 0 fully saturated rings. The van der Waals surface area contributed by atoms with Crippen molar-refractivity contribution in [3.63, 3.8) is 0 Å². The summed E-state index contributed by atoms with van der Waals surface area (Å²) >= 11 is 0. The molecule has 0 heterocycles. The molecule has 0 radical (unpaired) electrons. The first-order chi connectivity index (χ1) is 6.32. The van der Waals surface area contributed by atoms with Crippen LogP contribution in [0.3, 0.4) is 0 Å². The molecule has 1 atom stereocenters. The van der Waals surface area contributed by atoms with E-state index < -0.39 is 17.8 Å². The second kappa shape index (κ2) is 3.61. The maximum atomic E-state index is 13.0. The van der Waals surface area contributed by atoms with Gasteiger partial charge < -0.3 is 5.73 Å². The minimum atomic E-state index is -2.99. The van der Waals surface area contributed by atoms with Crippen LogP contribution in [-0.2, 0) is 5.92 Å². The molecule has 0 aliphatic carbocycles. The summed E-state index contributed by atoms with van der Waals surface area (Å²) in [5, 5.41) is 0. The van der Waals surface area contributed by atoms with Gasteiger partial charge in [0.15, 0.2) is 0 Å². The van der Waals surface area contributed by atoms with Crippen LogP contribution in [0.1, 0.15) is 31.0 Å². The number of nitrogens with two attached hydrogens (primary N) is 1. The van der Waals surface area contributed by atoms with E-state index in [9.17, 15) is 13.2 Å². The van der Waals surface area contributed by atoms with Crippen molar-refractivity contribution < 1.29 is 13.2 Å². The lowest BCUT2D eigenvalue weighted by molar-refractivity contribution is 0.0162. The van der Waals surface area contributed by atoms with Crippen LogP contribution < -0.4 is 5.73 Å². The third-order valence-electron chi connectivity index (χ3n) is 1.98. The molecular weight excluding hydrogens is 191 g/mol. The summed E-state index contributed by atoms with van der Waals surface area (Å²) in [5.74, 6) is -3.54. The largest absolute Gasteiger partial charge is 0.324 e. The molecule has 0 saturated carbocycles. The van der Waals surface area contributed by atoms with Crippen LogP contribution in [0.25, 0.3) is 0 Å². The highest BCUT2D eigenvalue weighted by Gasteiger charge is 2.28. The summed E-state index contributed by atoms with van der Waals surface area (Å²) < 4.78 is 38.9. The molecular formula is C10H12F3N. The fourth-order valence-corrected chi connectivity index (χ4v) is 1.31. The molecule has 0 aliphatic rings. The smallest absolute Gasteiger partial charge is 0.270 e. The van der Waals surface area contributed by atoms with E-state index in [1.807, 2.05) is 0 Å². The zero-order valence-corrected chi connectivity index (χ0v) is 8.02. The third-order valence-corrected chi connectivity index (χ3v) is 1.98. The van der Waals surface area contributed by atoms with Gasteiger partial charge in [0.1, 0.15) is 5.82 Å². The SMILES string of the molecule is C[C@@H](N)c1cc(F)ccc1C(C)(F)F. The average Bonchev–Trinajstić information content (AvgIpc) is 2.01. The number of hydrogen-bond donors (Lipinski definition) is 1. The molecule has 14 heavy (non-hydrogen) atoms. The van der Waals surface area contributed by atoms with E-state index in [0.717, 1.165) is 25.1 Å². The first-order valence-corrected chi connectivity index (χ1v) is 4.25. The fraction of sp³-hybridized carbons (Fsp3) is 0.400. The average molecular weight is 203 g/mol. The number of halogens is 3. The Morgan fingerprint density at radius 3 is 2.36 bits per heavy atom. The fourth-order valence-electron chi connectivity index (χ4n) is 1.31. The van der Waals surface area contributed by atoms with Gasteiger partial charge in [-0.05, 0) is 30.7 Å². The summed E-state index contributed by atoms with van der Waals surface area (Å²) in [5.41, 5.74) is 5.42. The minimum Gasteiger partial charge on any atom is -0.324 e. The van der Waals surface area contributed by atoms with Crippen molar-refractivity contribution in [2.75, 3.05) is 0 Å². The van der Waals surface area contributed by atoms with Gasteiger partial charge >= 0.3 is 0 Å². The van der Waals surface area contributed by atoms with Crippen molar-refractivity contribution >= 4 is 0 Å². The van der Waals surface area contributed by atoms with Gasteiger partial charge in [0.25, 0.3) is 5.92 Å². The molecule has 1 aromatic rings. The van der Waals surface area contributed by atoms with Gasteiger partial charge in [0.05, 0.1) is 0 Å². The number of alkyl halides is 2. The maximum absolute atomic E-state index is 13.0. The molecule has 0 aromatic heterocycles. The van der Waals surface area contributed by atoms with Gasteiger partial charge in [-0.25, -0.2) is 13.2 Å². The Hall–Kier alpha value is -1.03. The van der Waals surface area contributed by atoms with Crippen LogP contribution >= 0.6 is 0 Å². The maximum Gasteiger partial charge on any atom is 0.270 e. The number of hydrogen-bond acceptors (Lipinski definition) is 1. The first kappa shape index (κ1) is 11.0. The number of benzene rings is 1. The van der Waals surface area contributed by atoms with E-state index in [0.29, 0.717) is 0 Å². The van der Waals surface area contributed by atoms with Crippen LogP contribution in [0, 0.1) is 5.82 Å². The molecule has 2 N–H and O–H groups in total. The van der Waals surface area contributed by atoms with Crippen molar-refractivity contribution in [2.45, 2.75) is 25.8 Å². The third kappa shape index (κ3) is 2.26. The van der Waals surface area contributed by atoms with Gasteiger partial charge in [-0.15, -0.1) is 0 Å². The van der Waals surface area contributed by atoms with Gasteiger partial charge in [-0.2, -0.15) is 0 Å². The Morgan fingerprint density at radius 1 is 1.36 bits per heavy atom. The molecule has 78 valence electrons. The standard InChI is InChI=1S/C10H12F3N/c1-6(14)8-5-7(11)3-4-9(8)10(2,12)13/h3-6H,14H2,1-2H3/t6-/m1/s1. The Kier molecular flexibility index (Phi) is 2.85. The summed E-state index contributed by atoms with van der Waals surface area (Å²) in [6, 6.07) is 2.54. The lowest BCUT2D eigenvalue weighted by atomic mass is 9.98. The highest BCUT2D eigenvalue weighted by atomic mass is 19.3. The Bertz CT molecular complexity index is 329. The highest BCUT2D eigenvalue weighted by Crippen LogP contribution is 2.32. The second-order valence-corrected chi connectivity index (χ2v) is 3.41. The Labute approximate surface area is 80.7 Å². The van der Waals surface area contributed by atoms with E-state index in [1.54, 1.807) is 6.92 Å². The van der Waals surface area contributed by atoms with Crippen molar-refractivity contribution in [3.05, 3.63) is 35.1 Å². The zero-order valence-electron chi connectivity index (χ0n) is 8.02. The summed E-state index contributed by atoms with van der Waals surface area (Å²) in [4.78, 5) is 0. The molecule has 0 unspecified atom stereocenters. The van der Waals surface area contributed by atoms with E-state index in [4.69, 9.17) is 5.73 Å². The Morgan fingerprint density at radius 2 is 1.93 bits per heavy atom. The zero-order chi connectivity index (χ0) is 10.9. The predicted octanol–water partition coefficient (Wildman–Crippen LogP) is 2.96. The molecule has 0 saturated heterocycles. The molecule has 0 aliphatic heterocycles. The van der Waals surface area contributed by atoms with Crippen LogP contribution in [0.4, 0.5) is 13.2 Å². The predicted molar refractivity (Wildman–Crippen MR) is 48.6 cm³/mol. The van der Waals surface area contributed by atoms with E-state index >= 15 is 0 Å². The molecule has 1 nitrogen and oxygen atoms in total. The Balaban J connectivity index is 3.29. The molecule has 1 aromatic carbocycles. The van der Waals surface area contributed by atoms with Crippen molar-refractivity contribution in [1.82, 2.24) is 0 Å². The lowest BCUT2D eigenvalue weighted by Gasteiger charge is -2.17. The van der Waals surface area contributed by atoms with Crippen LogP contribution in [0.15, 0.2) is 18.2 Å². The quantitative estimate of drug-likeness (QED) is 0.785. The summed E-state index contributed by atoms with van der Waals surface area (Å²) in [6.07, 6.45) is 0. The molecule has 0 spiro atoms. The molecule has 4 heteroatoms. The van der Waals surface area contributed by atoms with Gasteiger partial charge in [-0.3, -0.25) is 0 Å². The summed E-state index contributed by atoms with van der Waals surface area (Å²) in [6.45, 7) is 2.32. The van der Waals surface area contributed by atoms with E-state index in [-0.39, 0.29) is 11.1 Å². The van der Waals surface area contributed by atoms with Crippen LogP contribution in [0.5, 0.6) is 0 Å². The minimum absolute atomic E-state index is 0.150. The monoisotopic (exact) mass is 203 g/mol. The van der Waals surface area contributed by atoms with Crippen LogP contribution in [0.2, 0.25) is 0 Å². The van der Waals surface area contributed by atoms with E-state index in [1.165, 1.54) is 0 Å². The molecule has 0 amide bonds. The van der Waals surface area contributed by atoms with Crippen molar-refractivity contribution in [3.8, 4) is 0 Å². The second-order valence-electron chi connectivity index (χ2n) is 3.41. The van der Waals surface area contributed by atoms with Gasteiger partial charge in [0, 0.05) is 18.5 Å². The lowest BCUT2D eigenvalue weighted by Crippen LogP contribution is -2.16. The van der Waals surface area contributed by atoms with Gasteiger partial charge in [0.2, 0.25) is 0 Å². The normalized spacial score (nSPS) is 14.1. The molecule has 0 bridgehead atoms. The van der Waals surface area contributed by atoms with Crippen molar-refractivity contribution in [1.29, 1.82) is 0 Å². The topological polar surface area (TPSA) is 26.0 Å². The highest BCUT2D eigenvalue weighted by molar-refractivity contribution is 5.33. The van der Waals surface area contributed by atoms with Crippen LogP contribution in [-0.4, -0.2) is 0 Å².